The quantitative estimate of drug-likeness (QED) is 0.288. The second kappa shape index (κ2) is 10.8. The molecular weight excluding hydrogens is 761 g/mol. The maximum absolute atomic E-state index is 13.6. The van der Waals surface area contributed by atoms with E-state index in [1.165, 1.54) is 12.1 Å². The van der Waals surface area contributed by atoms with Gasteiger partial charge in [-0.1, -0.05) is 0 Å². The van der Waals surface area contributed by atoms with Gasteiger partial charge in [0.25, 0.3) is 11.8 Å². The highest BCUT2D eigenvalue weighted by molar-refractivity contribution is 14.1. The molecule has 0 radical (unpaired) electrons. The number of ether oxygens (including phenoxy) is 2. The molecule has 6 rings (SSSR count). The van der Waals surface area contributed by atoms with Crippen LogP contribution in [0.15, 0.2) is 39.4 Å². The van der Waals surface area contributed by atoms with Crippen LogP contribution in [-0.4, -0.2) is 44.1 Å². The highest BCUT2D eigenvalue weighted by Crippen LogP contribution is 2.38. The van der Waals surface area contributed by atoms with E-state index in [1.54, 1.807) is 22.9 Å². The fraction of sp³-hybridized carbons (Fsp3) is 0.167. The summed E-state index contributed by atoms with van der Waals surface area (Å²) in [6.07, 6.45) is 1.58. The SMILES string of the molecule is NC(=O)c1cn2c(n1)-c1cc(Br)c(F)cc1OCC2.NC(=O)c1nc2n(c1I)CCOc1cc(F)c(Br)cc1-2. The third kappa shape index (κ3) is 5.26. The van der Waals surface area contributed by atoms with Gasteiger partial charge in [0, 0.05) is 18.3 Å². The zero-order valence-electron chi connectivity index (χ0n) is 19.7. The first-order chi connectivity index (χ1) is 18.5. The highest BCUT2D eigenvalue weighted by atomic mass is 127. The van der Waals surface area contributed by atoms with Crippen molar-refractivity contribution in [2.75, 3.05) is 13.2 Å². The van der Waals surface area contributed by atoms with Crippen LogP contribution in [0.3, 0.4) is 0 Å². The number of nitrogens with zero attached hydrogens (tertiary/aromatic N) is 4. The van der Waals surface area contributed by atoms with Gasteiger partial charge in [0.2, 0.25) is 0 Å². The first-order valence-electron chi connectivity index (χ1n) is 11.2. The molecule has 2 aromatic heterocycles. The molecule has 10 nitrogen and oxygen atoms in total. The van der Waals surface area contributed by atoms with Gasteiger partial charge in [-0.15, -0.1) is 0 Å². The number of halogens is 5. The van der Waals surface area contributed by atoms with Crippen molar-refractivity contribution >= 4 is 66.3 Å². The zero-order chi connectivity index (χ0) is 28.0. The van der Waals surface area contributed by atoms with Crippen molar-refractivity contribution in [2.24, 2.45) is 11.5 Å². The number of amides is 2. The number of imidazole rings is 2. The molecule has 15 heteroatoms. The van der Waals surface area contributed by atoms with E-state index < -0.39 is 23.4 Å². The average Bonchev–Trinajstić information content (AvgIpc) is 3.35. The largest absolute Gasteiger partial charge is 0.491 e. The first kappa shape index (κ1) is 27.5. The standard InChI is InChI=1S/C12H8BrFIN3O2.C12H9BrFN3O2/c13-6-3-5-8(4-7(6)14)20-2-1-18-10(15)9(11(16)19)17-12(5)18;13-7-3-6-10(4-8(7)14)19-2-1-17-5-9(11(15)18)16-12(6)17/h3-4H,1-2H2,(H2,16,19);3-5H,1-2H2,(H2,15,18). The molecule has 0 spiro atoms. The van der Waals surface area contributed by atoms with Crippen molar-refractivity contribution in [3.8, 4) is 34.3 Å². The van der Waals surface area contributed by atoms with E-state index in [1.807, 2.05) is 27.2 Å². The molecule has 4 N–H and O–H groups in total. The Morgan fingerprint density at radius 3 is 2.00 bits per heavy atom. The number of carbonyl (C=O) groups excluding carboxylic acids is 2. The molecule has 39 heavy (non-hydrogen) atoms. The van der Waals surface area contributed by atoms with Crippen molar-refractivity contribution in [1.29, 1.82) is 0 Å². The number of carbonyl (C=O) groups is 2. The van der Waals surface area contributed by atoms with Crippen LogP contribution in [0.4, 0.5) is 8.78 Å². The molecule has 0 unspecified atom stereocenters. The topological polar surface area (TPSA) is 140 Å². The summed E-state index contributed by atoms with van der Waals surface area (Å²) in [5.74, 6) is -0.0911. The predicted octanol–water partition coefficient (Wildman–Crippen LogP) is 4.49. The lowest BCUT2D eigenvalue weighted by molar-refractivity contribution is 0.0987. The summed E-state index contributed by atoms with van der Waals surface area (Å²) in [5.41, 5.74) is 12.2. The van der Waals surface area contributed by atoms with Crippen molar-refractivity contribution in [3.05, 3.63) is 66.1 Å². The van der Waals surface area contributed by atoms with E-state index in [9.17, 15) is 18.4 Å². The number of hydrogen-bond donors (Lipinski definition) is 2. The lowest BCUT2D eigenvalue weighted by Gasteiger charge is -2.07. The van der Waals surface area contributed by atoms with Crippen LogP contribution >= 0.6 is 54.5 Å². The van der Waals surface area contributed by atoms with Gasteiger partial charge in [-0.2, -0.15) is 0 Å². The number of primary amides is 2. The minimum atomic E-state index is -0.593. The third-order valence-electron chi connectivity index (χ3n) is 5.86. The molecule has 0 aliphatic carbocycles. The Labute approximate surface area is 250 Å². The Kier molecular flexibility index (Phi) is 7.65. The van der Waals surface area contributed by atoms with Gasteiger partial charge in [-0.25, -0.2) is 18.7 Å². The molecular formula is C24H17Br2F2IN6O4. The smallest absolute Gasteiger partial charge is 0.270 e. The van der Waals surface area contributed by atoms with Crippen molar-refractivity contribution < 1.29 is 27.8 Å². The maximum atomic E-state index is 13.6. The van der Waals surface area contributed by atoms with Gasteiger partial charge in [0.15, 0.2) is 5.69 Å². The molecule has 2 amide bonds. The van der Waals surface area contributed by atoms with E-state index in [0.717, 1.165) is 0 Å². The molecule has 0 bridgehead atoms. The normalized spacial score (nSPS) is 13.2. The van der Waals surface area contributed by atoms with Crippen LogP contribution < -0.4 is 20.9 Å². The van der Waals surface area contributed by atoms with Crippen LogP contribution in [0.5, 0.6) is 11.5 Å². The summed E-state index contributed by atoms with van der Waals surface area (Å²) in [4.78, 5) is 31.1. The van der Waals surface area contributed by atoms with Gasteiger partial charge in [-0.05, 0) is 66.6 Å². The zero-order valence-corrected chi connectivity index (χ0v) is 25.0. The Balaban J connectivity index is 0.000000158. The number of hydrogen-bond acceptors (Lipinski definition) is 6. The molecule has 0 fully saturated rings. The van der Waals surface area contributed by atoms with Crippen LogP contribution in [0.2, 0.25) is 0 Å². The lowest BCUT2D eigenvalue weighted by Crippen LogP contribution is -2.14. The summed E-state index contributed by atoms with van der Waals surface area (Å²) >= 11 is 8.30. The highest BCUT2D eigenvalue weighted by Gasteiger charge is 2.25. The Morgan fingerprint density at radius 1 is 0.872 bits per heavy atom. The van der Waals surface area contributed by atoms with Crippen LogP contribution in [-0.2, 0) is 13.1 Å². The molecule has 0 atom stereocenters. The predicted molar refractivity (Wildman–Crippen MR) is 151 cm³/mol. The lowest BCUT2D eigenvalue weighted by atomic mass is 10.2. The van der Waals surface area contributed by atoms with Crippen LogP contribution in [0.1, 0.15) is 21.0 Å². The number of rotatable bonds is 2. The van der Waals surface area contributed by atoms with E-state index in [0.29, 0.717) is 73.2 Å². The van der Waals surface area contributed by atoms with E-state index in [2.05, 4.69) is 41.8 Å². The summed E-state index contributed by atoms with van der Waals surface area (Å²) in [6.45, 7) is 1.77. The van der Waals surface area contributed by atoms with Crippen molar-refractivity contribution in [3.63, 3.8) is 0 Å². The summed E-state index contributed by atoms with van der Waals surface area (Å²) in [6, 6.07) is 5.78. The third-order valence-corrected chi connectivity index (χ3v) is 8.17. The van der Waals surface area contributed by atoms with Crippen LogP contribution in [0, 0.1) is 15.3 Å². The second-order valence-corrected chi connectivity index (χ2v) is 11.1. The summed E-state index contributed by atoms with van der Waals surface area (Å²) in [5, 5.41) is 0. The minimum Gasteiger partial charge on any atom is -0.491 e. The van der Waals surface area contributed by atoms with E-state index >= 15 is 0 Å². The molecule has 4 heterocycles. The monoisotopic (exact) mass is 776 g/mol. The molecule has 2 aliphatic rings. The number of aromatic nitrogens is 4. The van der Waals surface area contributed by atoms with E-state index in [4.69, 9.17) is 20.9 Å². The molecule has 2 aromatic carbocycles. The average molecular weight is 778 g/mol. The van der Waals surface area contributed by atoms with Crippen molar-refractivity contribution in [1.82, 2.24) is 19.1 Å². The van der Waals surface area contributed by atoms with Gasteiger partial charge in [0.1, 0.15) is 57.4 Å². The van der Waals surface area contributed by atoms with Crippen LogP contribution in [0.25, 0.3) is 22.8 Å². The fourth-order valence-electron chi connectivity index (χ4n) is 4.07. The number of nitrogens with two attached hydrogens (primary N) is 2. The Hall–Kier alpha value is -3.05. The molecule has 4 aromatic rings. The minimum absolute atomic E-state index is 0.184. The first-order valence-corrected chi connectivity index (χ1v) is 13.9. The Bertz CT molecular complexity index is 1660. The summed E-state index contributed by atoms with van der Waals surface area (Å²) < 4.78 is 43.0. The summed E-state index contributed by atoms with van der Waals surface area (Å²) in [7, 11) is 0. The van der Waals surface area contributed by atoms with Gasteiger partial charge < -0.3 is 30.1 Å². The molecule has 0 saturated heterocycles. The molecule has 0 saturated carbocycles. The van der Waals surface area contributed by atoms with Gasteiger partial charge in [0.05, 0.1) is 33.2 Å². The second-order valence-electron chi connectivity index (χ2n) is 8.32. The Morgan fingerprint density at radius 2 is 1.44 bits per heavy atom. The number of fused-ring (bicyclic) bond motifs is 6. The van der Waals surface area contributed by atoms with Gasteiger partial charge in [-0.3, -0.25) is 9.59 Å². The van der Waals surface area contributed by atoms with Crippen molar-refractivity contribution in [2.45, 2.75) is 13.1 Å². The number of benzene rings is 2. The van der Waals surface area contributed by atoms with Gasteiger partial charge >= 0.3 is 0 Å². The van der Waals surface area contributed by atoms with E-state index in [-0.39, 0.29) is 11.4 Å². The molecule has 202 valence electrons. The fourth-order valence-corrected chi connectivity index (χ4v) is 5.61. The molecule has 2 aliphatic heterocycles. The maximum Gasteiger partial charge on any atom is 0.270 e.